The van der Waals surface area contributed by atoms with Gasteiger partial charge >= 0.3 is 0 Å². The van der Waals surface area contributed by atoms with Crippen LogP contribution in [0.5, 0.6) is 0 Å². The van der Waals surface area contributed by atoms with Gasteiger partial charge in [0.2, 0.25) is 0 Å². The van der Waals surface area contributed by atoms with Crippen molar-refractivity contribution in [3.63, 3.8) is 0 Å². The third-order valence-electron chi connectivity index (χ3n) is 4.36. The number of benzene rings is 1. The predicted octanol–water partition coefficient (Wildman–Crippen LogP) is 2.65. The van der Waals surface area contributed by atoms with Gasteiger partial charge in [0, 0.05) is 23.9 Å². The average molecular weight is 406 g/mol. The quantitative estimate of drug-likeness (QED) is 0.426. The number of anilines is 2. The van der Waals surface area contributed by atoms with Crippen LogP contribution in [0.4, 0.5) is 15.9 Å². The van der Waals surface area contributed by atoms with E-state index in [1.165, 1.54) is 18.5 Å². The first kappa shape index (κ1) is 19.3. The van der Waals surface area contributed by atoms with Gasteiger partial charge < -0.3 is 21.3 Å². The molecule has 0 aliphatic heterocycles. The third kappa shape index (κ3) is 3.89. The summed E-state index contributed by atoms with van der Waals surface area (Å²) in [6.07, 6.45) is 2.98. The number of nitrogens with one attached hydrogen (secondary N) is 1. The first-order valence-corrected chi connectivity index (χ1v) is 9.05. The molecule has 0 aliphatic rings. The number of rotatable bonds is 7. The molecule has 5 N–H and O–H groups in total. The molecule has 1 aromatic carbocycles. The summed E-state index contributed by atoms with van der Waals surface area (Å²) in [6.45, 7) is 4.22. The molecule has 0 saturated carbocycles. The summed E-state index contributed by atoms with van der Waals surface area (Å²) in [5.74, 6) is 0.214. The van der Waals surface area contributed by atoms with Crippen LogP contribution in [0.25, 0.3) is 22.9 Å². The fraction of sp³-hybridized carbons (Fsp3) is 0.100. The standard InChI is InChI=1S/C20H19FN8O/c1-12(9-22)25-17-10-24-20(26-19(17)23)16-8-18(15-6-7-30-28-15)29(27-16)11-13-4-2-3-5-14(13)21/h2-8,10,25H,1,9,11,22H2,(H2,23,24,26). The number of halogens is 1. The molecular formula is C20H19FN8O. The number of nitrogens with zero attached hydrogens (tertiary/aromatic N) is 5. The minimum absolute atomic E-state index is 0.195. The molecule has 9 nitrogen and oxygen atoms in total. The smallest absolute Gasteiger partial charge is 0.182 e. The van der Waals surface area contributed by atoms with Crippen LogP contribution < -0.4 is 16.8 Å². The number of nitrogens with two attached hydrogens (primary N) is 2. The van der Waals surface area contributed by atoms with E-state index in [0.29, 0.717) is 39.9 Å². The van der Waals surface area contributed by atoms with E-state index in [4.69, 9.17) is 16.0 Å². The summed E-state index contributed by atoms with van der Waals surface area (Å²) < 4.78 is 20.7. The van der Waals surface area contributed by atoms with Crippen LogP contribution in [0.2, 0.25) is 0 Å². The zero-order valence-corrected chi connectivity index (χ0v) is 15.9. The first-order chi connectivity index (χ1) is 14.5. The van der Waals surface area contributed by atoms with E-state index in [0.717, 1.165) is 0 Å². The Bertz CT molecular complexity index is 1190. The Morgan fingerprint density at radius 3 is 2.77 bits per heavy atom. The van der Waals surface area contributed by atoms with E-state index >= 15 is 0 Å². The lowest BCUT2D eigenvalue weighted by Gasteiger charge is -2.09. The lowest BCUT2D eigenvalue weighted by atomic mass is 10.2. The highest BCUT2D eigenvalue weighted by molar-refractivity contribution is 5.68. The Balaban J connectivity index is 1.72. The van der Waals surface area contributed by atoms with Crippen molar-refractivity contribution in [1.82, 2.24) is 24.9 Å². The number of hydrogen-bond acceptors (Lipinski definition) is 8. The molecule has 0 aliphatic carbocycles. The SMILES string of the molecule is C=C(CN)Nc1cnc(-c2cc(-c3ccon3)n(Cc3ccccc3F)n2)nc1N. The number of aromatic nitrogens is 5. The normalized spacial score (nSPS) is 10.9. The zero-order valence-electron chi connectivity index (χ0n) is 15.9. The molecule has 0 saturated heterocycles. The summed E-state index contributed by atoms with van der Waals surface area (Å²) in [6, 6.07) is 9.95. The zero-order chi connectivity index (χ0) is 21.1. The summed E-state index contributed by atoms with van der Waals surface area (Å²) in [4.78, 5) is 8.65. The van der Waals surface area contributed by atoms with Gasteiger partial charge in [-0.3, -0.25) is 4.68 Å². The highest BCUT2D eigenvalue weighted by Gasteiger charge is 2.17. The van der Waals surface area contributed by atoms with Gasteiger partial charge in [-0.15, -0.1) is 0 Å². The van der Waals surface area contributed by atoms with Gasteiger partial charge in [0.05, 0.1) is 24.1 Å². The maximum Gasteiger partial charge on any atom is 0.182 e. The van der Waals surface area contributed by atoms with Crippen molar-refractivity contribution < 1.29 is 8.91 Å². The summed E-state index contributed by atoms with van der Waals surface area (Å²) >= 11 is 0. The molecule has 152 valence electrons. The van der Waals surface area contributed by atoms with Crippen molar-refractivity contribution in [2.75, 3.05) is 17.6 Å². The van der Waals surface area contributed by atoms with Crippen molar-refractivity contribution in [2.45, 2.75) is 6.54 Å². The molecule has 0 fully saturated rings. The Kier molecular flexibility index (Phi) is 5.22. The fourth-order valence-electron chi connectivity index (χ4n) is 2.84. The van der Waals surface area contributed by atoms with Gasteiger partial charge in [0.1, 0.15) is 23.5 Å². The van der Waals surface area contributed by atoms with Crippen LogP contribution in [0, 0.1) is 5.82 Å². The van der Waals surface area contributed by atoms with Gasteiger partial charge in [-0.25, -0.2) is 14.4 Å². The summed E-state index contributed by atoms with van der Waals surface area (Å²) in [5, 5.41) is 11.5. The summed E-state index contributed by atoms with van der Waals surface area (Å²) in [7, 11) is 0. The lowest BCUT2D eigenvalue weighted by Crippen LogP contribution is -2.12. The molecule has 0 radical (unpaired) electrons. The van der Waals surface area contributed by atoms with E-state index in [1.54, 1.807) is 35.0 Å². The van der Waals surface area contributed by atoms with Crippen LogP contribution in [0.1, 0.15) is 5.56 Å². The second kappa shape index (κ2) is 8.13. The van der Waals surface area contributed by atoms with Gasteiger partial charge in [-0.2, -0.15) is 5.10 Å². The van der Waals surface area contributed by atoms with Crippen LogP contribution in [0.15, 0.2) is 65.7 Å². The van der Waals surface area contributed by atoms with Crippen LogP contribution in [-0.2, 0) is 6.54 Å². The van der Waals surface area contributed by atoms with E-state index in [2.05, 4.69) is 32.1 Å². The monoisotopic (exact) mass is 406 g/mol. The van der Waals surface area contributed by atoms with E-state index < -0.39 is 0 Å². The highest BCUT2D eigenvalue weighted by atomic mass is 19.1. The molecule has 0 amide bonds. The Morgan fingerprint density at radius 2 is 2.07 bits per heavy atom. The van der Waals surface area contributed by atoms with Gasteiger partial charge in [-0.05, 0) is 12.1 Å². The van der Waals surface area contributed by atoms with Crippen molar-refractivity contribution >= 4 is 11.5 Å². The molecule has 4 rings (SSSR count). The second-order valence-corrected chi connectivity index (χ2v) is 6.47. The summed E-state index contributed by atoms with van der Waals surface area (Å²) in [5.41, 5.74) is 14.8. The van der Waals surface area contributed by atoms with Crippen LogP contribution in [-0.4, -0.2) is 31.4 Å². The van der Waals surface area contributed by atoms with Crippen molar-refractivity contribution in [1.29, 1.82) is 0 Å². The molecule has 0 unspecified atom stereocenters. The molecule has 3 heterocycles. The van der Waals surface area contributed by atoms with Crippen molar-refractivity contribution in [2.24, 2.45) is 5.73 Å². The largest absolute Gasteiger partial charge is 0.382 e. The van der Waals surface area contributed by atoms with Gasteiger partial charge in [-0.1, -0.05) is 29.9 Å². The van der Waals surface area contributed by atoms with Gasteiger partial charge in [0.25, 0.3) is 0 Å². The van der Waals surface area contributed by atoms with E-state index in [1.807, 2.05) is 0 Å². The van der Waals surface area contributed by atoms with E-state index in [9.17, 15) is 4.39 Å². The van der Waals surface area contributed by atoms with E-state index in [-0.39, 0.29) is 24.7 Å². The Hall–Kier alpha value is -4.05. The minimum atomic E-state index is -0.322. The van der Waals surface area contributed by atoms with Crippen molar-refractivity contribution in [3.05, 3.63) is 72.5 Å². The molecular weight excluding hydrogens is 387 g/mol. The predicted molar refractivity (Wildman–Crippen MR) is 110 cm³/mol. The lowest BCUT2D eigenvalue weighted by molar-refractivity contribution is 0.421. The molecule has 30 heavy (non-hydrogen) atoms. The molecule has 4 aromatic rings. The molecule has 0 bridgehead atoms. The first-order valence-electron chi connectivity index (χ1n) is 9.05. The van der Waals surface area contributed by atoms with Gasteiger partial charge in [0.15, 0.2) is 11.6 Å². The van der Waals surface area contributed by atoms with Crippen molar-refractivity contribution in [3.8, 4) is 22.9 Å². The molecule has 0 atom stereocenters. The number of hydrogen-bond donors (Lipinski definition) is 3. The minimum Gasteiger partial charge on any atom is -0.382 e. The van der Waals surface area contributed by atoms with Crippen LogP contribution >= 0.6 is 0 Å². The topological polar surface area (TPSA) is 134 Å². The molecule has 10 heteroatoms. The molecule has 0 spiro atoms. The Morgan fingerprint density at radius 1 is 1.23 bits per heavy atom. The maximum absolute atomic E-state index is 14.2. The second-order valence-electron chi connectivity index (χ2n) is 6.47. The Labute approximate surface area is 171 Å². The maximum atomic E-state index is 14.2. The third-order valence-corrected chi connectivity index (χ3v) is 4.36. The van der Waals surface area contributed by atoms with Crippen LogP contribution in [0.3, 0.4) is 0 Å². The molecule has 3 aromatic heterocycles. The number of nitrogen functional groups attached to an aromatic ring is 1. The highest BCUT2D eigenvalue weighted by Crippen LogP contribution is 2.26. The fourth-order valence-corrected chi connectivity index (χ4v) is 2.84. The average Bonchev–Trinajstić information content (AvgIpc) is 3.41.